The molecule has 0 bridgehead atoms. The highest BCUT2D eigenvalue weighted by molar-refractivity contribution is 5.91. The van der Waals surface area contributed by atoms with Gasteiger partial charge in [0, 0.05) is 26.3 Å². The Labute approximate surface area is 157 Å². The van der Waals surface area contributed by atoms with Gasteiger partial charge in [-0.1, -0.05) is 44.2 Å². The van der Waals surface area contributed by atoms with Crippen LogP contribution in [0.25, 0.3) is 11.0 Å². The van der Waals surface area contributed by atoms with Gasteiger partial charge in [-0.2, -0.15) is 0 Å². The van der Waals surface area contributed by atoms with Gasteiger partial charge in [-0.3, -0.25) is 13.9 Å². The second-order valence-corrected chi connectivity index (χ2v) is 8.17. The molecule has 6 nitrogen and oxygen atoms in total. The minimum Gasteiger partial charge on any atom is -0.380 e. The van der Waals surface area contributed by atoms with Gasteiger partial charge in [-0.15, -0.1) is 0 Å². The molecule has 1 aliphatic rings. The van der Waals surface area contributed by atoms with E-state index in [1.54, 1.807) is 7.05 Å². The minimum atomic E-state index is -0.355. The third kappa shape index (κ3) is 2.85. The van der Waals surface area contributed by atoms with Gasteiger partial charge in [-0.05, 0) is 29.4 Å². The number of anilines is 1. The zero-order chi connectivity index (χ0) is 19.3. The largest absolute Gasteiger partial charge is 0.380 e. The van der Waals surface area contributed by atoms with Crippen LogP contribution in [0.3, 0.4) is 0 Å². The Morgan fingerprint density at radius 3 is 2.48 bits per heavy atom. The Kier molecular flexibility index (Phi) is 3.94. The molecule has 1 N–H and O–H groups in total. The predicted octanol–water partition coefficient (Wildman–Crippen LogP) is 2.37. The van der Waals surface area contributed by atoms with Crippen LogP contribution >= 0.6 is 0 Å². The Morgan fingerprint density at radius 2 is 1.78 bits per heavy atom. The number of aryl methyl sites for hydroxylation is 1. The summed E-state index contributed by atoms with van der Waals surface area (Å²) >= 11 is 0. The highest BCUT2D eigenvalue weighted by Gasteiger charge is 2.33. The van der Waals surface area contributed by atoms with Crippen LogP contribution in [0.15, 0.2) is 39.9 Å². The SMILES string of the molecule is Cn1c(=O)c2c(NCc3ccccc3)c3c(nc2n(C)c1=O)CC(C)(C)C3. The summed E-state index contributed by atoms with van der Waals surface area (Å²) in [4.78, 5) is 30.1. The molecule has 0 atom stereocenters. The average molecular weight is 364 g/mol. The van der Waals surface area contributed by atoms with Gasteiger partial charge in [0.1, 0.15) is 5.39 Å². The Hall–Kier alpha value is -2.89. The van der Waals surface area contributed by atoms with Crippen molar-refractivity contribution in [1.29, 1.82) is 0 Å². The van der Waals surface area contributed by atoms with Gasteiger partial charge in [-0.25, -0.2) is 9.78 Å². The zero-order valence-electron chi connectivity index (χ0n) is 16.2. The number of fused-ring (bicyclic) bond motifs is 2. The van der Waals surface area contributed by atoms with E-state index in [4.69, 9.17) is 4.98 Å². The van der Waals surface area contributed by atoms with Crippen molar-refractivity contribution in [1.82, 2.24) is 14.1 Å². The molecule has 140 valence electrons. The molecule has 1 aliphatic carbocycles. The molecule has 0 saturated heterocycles. The molecule has 0 spiro atoms. The first-order valence-electron chi connectivity index (χ1n) is 9.18. The molecule has 0 amide bonds. The van der Waals surface area contributed by atoms with Crippen LogP contribution in [0, 0.1) is 5.41 Å². The van der Waals surface area contributed by atoms with Crippen LogP contribution in [0.1, 0.15) is 30.7 Å². The first-order valence-corrected chi connectivity index (χ1v) is 9.18. The fraction of sp³-hybridized carbons (Fsp3) is 0.381. The van der Waals surface area contributed by atoms with Crippen molar-refractivity contribution in [3.63, 3.8) is 0 Å². The lowest BCUT2D eigenvalue weighted by atomic mass is 9.90. The van der Waals surface area contributed by atoms with Gasteiger partial charge >= 0.3 is 5.69 Å². The fourth-order valence-corrected chi connectivity index (χ4v) is 3.99. The molecule has 4 rings (SSSR count). The third-order valence-electron chi connectivity index (χ3n) is 5.39. The second-order valence-electron chi connectivity index (χ2n) is 8.17. The highest BCUT2D eigenvalue weighted by atomic mass is 16.2. The number of hydrogen-bond acceptors (Lipinski definition) is 4. The molecule has 2 aromatic heterocycles. The van der Waals surface area contributed by atoms with E-state index in [2.05, 4.69) is 19.2 Å². The van der Waals surface area contributed by atoms with Crippen molar-refractivity contribution in [2.75, 3.05) is 5.32 Å². The van der Waals surface area contributed by atoms with E-state index < -0.39 is 0 Å². The number of nitrogens with zero attached hydrogens (tertiary/aromatic N) is 3. The molecular formula is C21H24N4O2. The molecule has 0 radical (unpaired) electrons. The first kappa shape index (κ1) is 17.5. The van der Waals surface area contributed by atoms with Gasteiger partial charge in [0.15, 0.2) is 5.65 Å². The number of hydrogen-bond donors (Lipinski definition) is 1. The highest BCUT2D eigenvalue weighted by Crippen LogP contribution is 2.41. The van der Waals surface area contributed by atoms with Gasteiger partial charge in [0.25, 0.3) is 5.56 Å². The molecule has 0 fully saturated rings. The maximum absolute atomic E-state index is 13.0. The smallest absolute Gasteiger partial charge is 0.332 e. The number of aromatic nitrogens is 3. The number of nitrogens with one attached hydrogen (secondary N) is 1. The normalized spacial score (nSPS) is 15.1. The van der Waals surface area contributed by atoms with Gasteiger partial charge in [0.05, 0.1) is 5.69 Å². The Bertz CT molecular complexity index is 1160. The summed E-state index contributed by atoms with van der Waals surface area (Å²) < 4.78 is 2.63. The molecule has 0 saturated carbocycles. The molecule has 6 heteroatoms. The summed E-state index contributed by atoms with van der Waals surface area (Å²) in [5.74, 6) is 0. The quantitative estimate of drug-likeness (QED) is 0.775. The van der Waals surface area contributed by atoms with E-state index in [0.29, 0.717) is 17.6 Å². The summed E-state index contributed by atoms with van der Waals surface area (Å²) in [6.45, 7) is 5.02. The summed E-state index contributed by atoms with van der Waals surface area (Å²) in [6.07, 6.45) is 1.69. The first-order chi connectivity index (χ1) is 12.8. The van der Waals surface area contributed by atoms with Crippen molar-refractivity contribution in [2.45, 2.75) is 33.2 Å². The van der Waals surface area contributed by atoms with Crippen LogP contribution in [-0.4, -0.2) is 14.1 Å². The third-order valence-corrected chi connectivity index (χ3v) is 5.39. The molecule has 27 heavy (non-hydrogen) atoms. The van der Waals surface area contributed by atoms with Crippen LogP contribution in [-0.2, 0) is 33.5 Å². The van der Waals surface area contributed by atoms with Crippen LogP contribution in [0.2, 0.25) is 0 Å². The average Bonchev–Trinajstić information content (AvgIpc) is 2.96. The van der Waals surface area contributed by atoms with Crippen molar-refractivity contribution >= 4 is 16.7 Å². The topological polar surface area (TPSA) is 68.9 Å². The summed E-state index contributed by atoms with van der Waals surface area (Å²) in [5, 5.41) is 3.98. The van der Waals surface area contributed by atoms with E-state index >= 15 is 0 Å². The summed E-state index contributed by atoms with van der Waals surface area (Å²) in [7, 11) is 3.19. The zero-order valence-corrected chi connectivity index (χ0v) is 16.2. The van der Waals surface area contributed by atoms with Gasteiger partial charge < -0.3 is 5.32 Å². The lowest BCUT2D eigenvalue weighted by Gasteiger charge is -2.17. The van der Waals surface area contributed by atoms with E-state index in [1.165, 1.54) is 11.6 Å². The molecular weight excluding hydrogens is 340 g/mol. The summed E-state index contributed by atoms with van der Waals surface area (Å²) in [5.41, 5.74) is 3.91. The maximum atomic E-state index is 13.0. The molecule has 0 aliphatic heterocycles. The second kappa shape index (κ2) is 6.08. The molecule has 0 unspecified atom stereocenters. The monoisotopic (exact) mass is 364 g/mol. The van der Waals surface area contributed by atoms with Crippen LogP contribution < -0.4 is 16.6 Å². The van der Waals surface area contributed by atoms with Crippen molar-refractivity contribution in [3.05, 3.63) is 68.0 Å². The molecule has 3 aromatic rings. The molecule has 1 aromatic carbocycles. The van der Waals surface area contributed by atoms with Crippen molar-refractivity contribution < 1.29 is 0 Å². The maximum Gasteiger partial charge on any atom is 0.332 e. The molecule has 2 heterocycles. The van der Waals surface area contributed by atoms with Crippen molar-refractivity contribution in [3.8, 4) is 0 Å². The van der Waals surface area contributed by atoms with E-state index in [0.717, 1.165) is 39.9 Å². The predicted molar refractivity (Wildman–Crippen MR) is 107 cm³/mol. The lowest BCUT2D eigenvalue weighted by molar-refractivity contribution is 0.391. The van der Waals surface area contributed by atoms with E-state index in [-0.39, 0.29) is 16.7 Å². The van der Waals surface area contributed by atoms with Gasteiger partial charge in [0.2, 0.25) is 0 Å². The Morgan fingerprint density at radius 1 is 1.07 bits per heavy atom. The Balaban J connectivity index is 1.97. The minimum absolute atomic E-state index is 0.0833. The summed E-state index contributed by atoms with van der Waals surface area (Å²) in [6, 6.07) is 10.1. The lowest BCUT2D eigenvalue weighted by Crippen LogP contribution is -2.38. The van der Waals surface area contributed by atoms with Crippen molar-refractivity contribution in [2.24, 2.45) is 19.5 Å². The van der Waals surface area contributed by atoms with E-state index in [1.807, 2.05) is 30.3 Å². The standard InChI is InChI=1S/C21H24N4O2/c1-21(2)10-14-15(11-21)23-18-16(19(26)25(4)20(27)24(18)3)17(14)22-12-13-8-6-5-7-9-13/h5-9H,10-12H2,1-4H3,(H,22,23). The number of rotatable bonds is 3. The van der Waals surface area contributed by atoms with Crippen LogP contribution in [0.4, 0.5) is 5.69 Å². The van der Waals surface area contributed by atoms with E-state index in [9.17, 15) is 9.59 Å². The number of benzene rings is 1. The number of pyridine rings is 1. The van der Waals surface area contributed by atoms with Crippen LogP contribution in [0.5, 0.6) is 0 Å². The fourth-order valence-electron chi connectivity index (χ4n) is 3.99.